The fraction of sp³-hybridized carbons (Fsp3) is 0.324. The molecule has 5 unspecified atom stereocenters. The number of amides is 4. The van der Waals surface area contributed by atoms with Crippen LogP contribution in [0.2, 0.25) is 0 Å². The summed E-state index contributed by atoms with van der Waals surface area (Å²) in [5.41, 5.74) is 11.7. The zero-order chi connectivity index (χ0) is 34.0. The van der Waals surface area contributed by atoms with Crippen molar-refractivity contribution in [1.29, 1.82) is 0 Å². The monoisotopic (exact) mass is 635 g/mol. The van der Waals surface area contributed by atoms with Gasteiger partial charge in [0, 0.05) is 80.9 Å². The van der Waals surface area contributed by atoms with Gasteiger partial charge in [0.1, 0.15) is 6.29 Å². The van der Waals surface area contributed by atoms with E-state index in [2.05, 4.69) is 21.3 Å². The summed E-state index contributed by atoms with van der Waals surface area (Å²) in [6, 6.07) is 0. The molecule has 244 valence electrons. The van der Waals surface area contributed by atoms with Crippen molar-refractivity contribution in [3.8, 4) is 0 Å². The number of hydrogen-bond donors (Lipinski definition) is 5. The molecule has 6 N–H and O–H groups in total. The highest BCUT2D eigenvalue weighted by molar-refractivity contribution is 6.01. The third kappa shape index (κ3) is 7.27. The van der Waals surface area contributed by atoms with Crippen molar-refractivity contribution >= 4 is 29.9 Å². The standard InChI is InChI=1S/C37H41N5O5/c1-6-23-12-30(13-26(23)18-43)42-37(47)33-16-29(10-22(33)5)41-36(46)32-15-28(9-21(32)4)40-35(45)31-14-27(8-20(31)3)39-17-25-11-24(34(38)44)7-19(25)2/h7-16,18-23,39H,6,17H2,1-5H3,(H2,38,44)(H,40,45)(H,41,46)(H,42,47). The maximum atomic E-state index is 13.2. The molecular weight excluding hydrogens is 594 g/mol. The van der Waals surface area contributed by atoms with Gasteiger partial charge in [0.25, 0.3) is 17.7 Å². The van der Waals surface area contributed by atoms with Crippen molar-refractivity contribution in [2.24, 2.45) is 35.3 Å². The second-order valence-electron chi connectivity index (χ2n) is 12.6. The van der Waals surface area contributed by atoms with Crippen molar-refractivity contribution < 1.29 is 24.0 Å². The number of nitrogens with two attached hydrogens (primary N) is 1. The van der Waals surface area contributed by atoms with Gasteiger partial charge in [-0.1, -0.05) is 65.0 Å². The Bertz CT molecular complexity index is 1760. The molecular formula is C37H41N5O5. The van der Waals surface area contributed by atoms with E-state index in [9.17, 15) is 24.0 Å². The molecule has 0 saturated heterocycles. The first-order valence-electron chi connectivity index (χ1n) is 16.0. The van der Waals surface area contributed by atoms with Gasteiger partial charge in [-0.05, 0) is 48.3 Å². The molecule has 0 saturated carbocycles. The Hall–Kier alpha value is -5.25. The third-order valence-corrected chi connectivity index (χ3v) is 9.10. The lowest BCUT2D eigenvalue weighted by atomic mass is 10.0. The van der Waals surface area contributed by atoms with E-state index in [4.69, 9.17) is 5.73 Å². The van der Waals surface area contributed by atoms with E-state index < -0.39 is 5.91 Å². The molecule has 0 aromatic rings. The van der Waals surface area contributed by atoms with Gasteiger partial charge in [-0.3, -0.25) is 24.0 Å². The van der Waals surface area contributed by atoms with Crippen molar-refractivity contribution in [2.75, 3.05) is 6.54 Å². The molecule has 5 rings (SSSR count). The van der Waals surface area contributed by atoms with E-state index in [0.717, 1.165) is 24.0 Å². The van der Waals surface area contributed by atoms with Crippen LogP contribution in [0.1, 0.15) is 41.0 Å². The van der Waals surface area contributed by atoms with Crippen LogP contribution in [0.4, 0.5) is 0 Å². The number of allylic oxidation sites excluding steroid dienone is 10. The molecule has 0 heterocycles. The van der Waals surface area contributed by atoms with Crippen LogP contribution in [-0.2, 0) is 24.0 Å². The van der Waals surface area contributed by atoms with Crippen LogP contribution in [0.5, 0.6) is 0 Å². The summed E-state index contributed by atoms with van der Waals surface area (Å²) in [5.74, 6) is -1.78. The number of aldehydes is 1. The SMILES string of the molecule is CCC1C=C(NC(=O)C2=CC(NC(=O)C3=CC(NC(=O)C4=CC(NCC5=CC(C(N)=O)=CC5C)=CC4C)=CC3C)=CC2C)C=C1C=O. The maximum Gasteiger partial charge on any atom is 0.252 e. The second-order valence-corrected chi connectivity index (χ2v) is 12.6. The number of primary amides is 1. The Morgan fingerprint density at radius 2 is 1.13 bits per heavy atom. The van der Waals surface area contributed by atoms with Gasteiger partial charge in [-0.2, -0.15) is 0 Å². The molecule has 0 aliphatic heterocycles. The Morgan fingerprint density at radius 1 is 0.660 bits per heavy atom. The van der Waals surface area contributed by atoms with Gasteiger partial charge in [-0.25, -0.2) is 0 Å². The van der Waals surface area contributed by atoms with Crippen molar-refractivity contribution in [3.05, 3.63) is 117 Å². The van der Waals surface area contributed by atoms with Crippen molar-refractivity contribution in [3.63, 3.8) is 0 Å². The van der Waals surface area contributed by atoms with Crippen LogP contribution in [-0.4, -0.2) is 36.5 Å². The molecule has 10 heteroatoms. The smallest absolute Gasteiger partial charge is 0.252 e. The molecule has 47 heavy (non-hydrogen) atoms. The normalized spacial score (nSPS) is 26.0. The first-order chi connectivity index (χ1) is 22.4. The third-order valence-electron chi connectivity index (χ3n) is 9.10. The van der Waals surface area contributed by atoms with E-state index in [1.54, 1.807) is 24.3 Å². The Balaban J connectivity index is 1.15. The predicted molar refractivity (Wildman–Crippen MR) is 179 cm³/mol. The van der Waals surface area contributed by atoms with Crippen LogP contribution in [0.3, 0.4) is 0 Å². The first kappa shape index (κ1) is 33.1. The number of rotatable bonds is 12. The van der Waals surface area contributed by atoms with Gasteiger partial charge < -0.3 is 27.0 Å². The average Bonchev–Trinajstić information content (AvgIpc) is 3.83. The summed E-state index contributed by atoms with van der Waals surface area (Å²) in [5, 5.41) is 12.1. The quantitative estimate of drug-likeness (QED) is 0.207. The number of hydrogen-bond acceptors (Lipinski definition) is 6. The minimum atomic E-state index is -0.447. The number of carbonyl (C=O) groups is 5. The number of nitrogens with one attached hydrogen (secondary N) is 4. The summed E-state index contributed by atoms with van der Waals surface area (Å²) >= 11 is 0. The van der Waals surface area contributed by atoms with Gasteiger partial charge in [0.15, 0.2) is 0 Å². The lowest BCUT2D eigenvalue weighted by Crippen LogP contribution is -2.26. The van der Waals surface area contributed by atoms with Crippen LogP contribution < -0.4 is 27.0 Å². The molecule has 10 nitrogen and oxygen atoms in total. The Labute approximate surface area is 274 Å². The van der Waals surface area contributed by atoms with E-state index in [1.807, 2.05) is 71.1 Å². The molecule has 5 aliphatic rings. The zero-order valence-electron chi connectivity index (χ0n) is 27.3. The highest BCUT2D eigenvalue weighted by Crippen LogP contribution is 2.30. The topological polar surface area (TPSA) is 159 Å². The average molecular weight is 636 g/mol. The van der Waals surface area contributed by atoms with E-state index in [0.29, 0.717) is 51.5 Å². The van der Waals surface area contributed by atoms with Crippen LogP contribution in [0.25, 0.3) is 0 Å². The molecule has 5 aliphatic carbocycles. The first-order valence-corrected chi connectivity index (χ1v) is 16.0. The predicted octanol–water partition coefficient (Wildman–Crippen LogP) is 3.34. The van der Waals surface area contributed by atoms with E-state index >= 15 is 0 Å². The van der Waals surface area contributed by atoms with Gasteiger partial charge in [0.2, 0.25) is 5.91 Å². The highest BCUT2D eigenvalue weighted by atomic mass is 16.2. The van der Waals surface area contributed by atoms with Crippen LogP contribution >= 0.6 is 0 Å². The minimum Gasteiger partial charge on any atom is -0.381 e. The molecule has 0 spiro atoms. The zero-order valence-corrected chi connectivity index (χ0v) is 27.3. The molecule has 0 fully saturated rings. The van der Waals surface area contributed by atoms with E-state index in [1.165, 1.54) is 0 Å². The molecule has 5 atom stereocenters. The van der Waals surface area contributed by atoms with Crippen LogP contribution in [0.15, 0.2) is 117 Å². The van der Waals surface area contributed by atoms with Crippen molar-refractivity contribution in [1.82, 2.24) is 21.3 Å². The lowest BCUT2D eigenvalue weighted by molar-refractivity contribution is -0.118. The maximum absolute atomic E-state index is 13.2. The van der Waals surface area contributed by atoms with Crippen molar-refractivity contribution in [2.45, 2.75) is 41.0 Å². The Morgan fingerprint density at radius 3 is 1.55 bits per heavy atom. The molecule has 0 bridgehead atoms. The summed E-state index contributed by atoms with van der Waals surface area (Å²) in [6.45, 7) is 10.2. The lowest BCUT2D eigenvalue weighted by Gasteiger charge is -2.10. The second kappa shape index (κ2) is 13.6. The van der Waals surface area contributed by atoms with Crippen LogP contribution in [0, 0.1) is 29.6 Å². The molecule has 0 aromatic carbocycles. The van der Waals surface area contributed by atoms with Gasteiger partial charge in [0.05, 0.1) is 0 Å². The summed E-state index contributed by atoms with van der Waals surface area (Å²) in [4.78, 5) is 62.3. The summed E-state index contributed by atoms with van der Waals surface area (Å²) in [7, 11) is 0. The Kier molecular flexibility index (Phi) is 9.60. The van der Waals surface area contributed by atoms with Gasteiger partial charge >= 0.3 is 0 Å². The molecule has 0 aromatic heterocycles. The van der Waals surface area contributed by atoms with Gasteiger partial charge in [-0.15, -0.1) is 0 Å². The number of carbonyl (C=O) groups excluding carboxylic acids is 5. The van der Waals surface area contributed by atoms with E-state index in [-0.39, 0.29) is 47.3 Å². The summed E-state index contributed by atoms with van der Waals surface area (Å²) in [6.07, 6.45) is 19.6. The largest absolute Gasteiger partial charge is 0.381 e. The fourth-order valence-corrected chi connectivity index (χ4v) is 6.34. The summed E-state index contributed by atoms with van der Waals surface area (Å²) < 4.78 is 0. The molecule has 4 amide bonds. The minimum absolute atomic E-state index is 0.00730. The molecule has 0 radical (unpaired) electrons. The highest BCUT2D eigenvalue weighted by Gasteiger charge is 2.29. The fourth-order valence-electron chi connectivity index (χ4n) is 6.34.